The number of rotatable bonds is 3. The number of carbonyl (C=O) groups excluding carboxylic acids is 1. The van der Waals surface area contributed by atoms with Crippen molar-refractivity contribution >= 4 is 34.9 Å². The Bertz CT molecular complexity index is 930. The van der Waals surface area contributed by atoms with E-state index in [2.05, 4.69) is 29.7 Å². The molecule has 174 valence electrons. The van der Waals surface area contributed by atoms with E-state index in [0.717, 1.165) is 51.1 Å². The number of fused-ring (bicyclic) bond motifs is 2. The fourth-order valence-electron chi connectivity index (χ4n) is 6.42. The van der Waals surface area contributed by atoms with Crippen molar-refractivity contribution in [2.45, 2.75) is 45.3 Å². The number of halogens is 2. The highest BCUT2D eigenvalue weighted by atomic mass is 35.5. The molecular weight excluding hydrogens is 447 g/mol. The highest BCUT2D eigenvalue weighted by Crippen LogP contribution is 2.56. The van der Waals surface area contributed by atoms with Crippen LogP contribution in [-0.2, 0) is 9.53 Å². The van der Waals surface area contributed by atoms with E-state index in [1.165, 1.54) is 5.57 Å². The highest BCUT2D eigenvalue weighted by Gasteiger charge is 2.59. The number of hydrogen-bond donors (Lipinski definition) is 1. The van der Waals surface area contributed by atoms with Gasteiger partial charge in [0.25, 0.3) is 0 Å². The van der Waals surface area contributed by atoms with Crippen LogP contribution in [0.2, 0.25) is 10.0 Å². The van der Waals surface area contributed by atoms with Gasteiger partial charge in [0, 0.05) is 56.2 Å². The van der Waals surface area contributed by atoms with Crippen LogP contribution in [0.4, 0.5) is 5.69 Å². The second-order valence-corrected chi connectivity index (χ2v) is 11.0. The summed E-state index contributed by atoms with van der Waals surface area (Å²) in [6.45, 7) is 8.52. The number of aliphatic hydroxyl groups is 1. The molecule has 2 saturated heterocycles. The maximum absolute atomic E-state index is 12.9. The Morgan fingerprint density at radius 3 is 2.66 bits per heavy atom. The Kier molecular flexibility index (Phi) is 5.98. The van der Waals surface area contributed by atoms with Crippen LogP contribution in [0.5, 0.6) is 0 Å². The van der Waals surface area contributed by atoms with E-state index in [-0.39, 0.29) is 29.3 Å². The number of aliphatic hydroxyl groups excluding tert-OH is 1. The number of anilines is 1. The summed E-state index contributed by atoms with van der Waals surface area (Å²) in [7, 11) is 0. The molecule has 5 nitrogen and oxygen atoms in total. The Balaban J connectivity index is 1.27. The Hall–Kier alpha value is -1.27. The largest absolute Gasteiger partial charge is 0.461 e. The Labute approximate surface area is 200 Å². The first-order valence-electron chi connectivity index (χ1n) is 11.8. The number of esters is 1. The fourth-order valence-corrected chi connectivity index (χ4v) is 6.71. The van der Waals surface area contributed by atoms with Gasteiger partial charge in [-0.1, -0.05) is 48.7 Å². The van der Waals surface area contributed by atoms with Crippen molar-refractivity contribution < 1.29 is 14.6 Å². The number of hydrogen-bond acceptors (Lipinski definition) is 5. The van der Waals surface area contributed by atoms with E-state index >= 15 is 0 Å². The Morgan fingerprint density at radius 2 is 1.94 bits per heavy atom. The van der Waals surface area contributed by atoms with E-state index in [1.807, 2.05) is 18.2 Å². The third-order valence-electron chi connectivity index (χ3n) is 8.67. The van der Waals surface area contributed by atoms with Gasteiger partial charge in [0.05, 0.1) is 22.1 Å². The van der Waals surface area contributed by atoms with Gasteiger partial charge < -0.3 is 14.7 Å². The number of nitrogens with zero attached hydrogens (tertiary/aromatic N) is 2. The summed E-state index contributed by atoms with van der Waals surface area (Å²) in [5.74, 6) is -0.122. The first-order chi connectivity index (χ1) is 15.3. The van der Waals surface area contributed by atoms with Gasteiger partial charge in [-0.05, 0) is 37.0 Å². The number of benzene rings is 1. The predicted octanol–water partition coefficient (Wildman–Crippen LogP) is 4.40. The monoisotopic (exact) mass is 478 g/mol. The molecule has 2 aliphatic heterocycles. The van der Waals surface area contributed by atoms with Gasteiger partial charge in [-0.3, -0.25) is 9.69 Å². The molecule has 0 bridgehead atoms. The van der Waals surface area contributed by atoms with Crippen LogP contribution >= 0.6 is 23.2 Å². The third-order valence-corrected chi connectivity index (χ3v) is 9.40. The molecule has 0 radical (unpaired) electrons. The zero-order chi connectivity index (χ0) is 22.6. The summed E-state index contributed by atoms with van der Waals surface area (Å²) in [6, 6.07) is 5.74. The molecule has 4 aliphatic rings. The molecule has 0 amide bonds. The molecule has 32 heavy (non-hydrogen) atoms. The minimum atomic E-state index is -0.545. The number of carbonyl (C=O) groups is 1. The quantitative estimate of drug-likeness (QED) is 0.515. The van der Waals surface area contributed by atoms with Gasteiger partial charge in [-0.25, -0.2) is 0 Å². The van der Waals surface area contributed by atoms with Crippen LogP contribution in [0, 0.1) is 23.2 Å². The molecule has 1 N–H and O–H groups in total. The molecule has 6 atom stereocenters. The number of ether oxygens (including phenoxy) is 1. The molecule has 1 aromatic rings. The van der Waals surface area contributed by atoms with Gasteiger partial charge in [0.15, 0.2) is 0 Å². The van der Waals surface area contributed by atoms with Crippen LogP contribution in [0.3, 0.4) is 0 Å². The van der Waals surface area contributed by atoms with E-state index in [1.54, 1.807) is 0 Å². The van der Waals surface area contributed by atoms with Crippen LogP contribution in [0.25, 0.3) is 0 Å². The average Bonchev–Trinajstić information content (AvgIpc) is 3.08. The Morgan fingerprint density at radius 1 is 1.19 bits per heavy atom. The lowest BCUT2D eigenvalue weighted by Crippen LogP contribution is -2.55. The molecule has 5 rings (SSSR count). The SMILES string of the molecule is C[C@H]1CCC=C2C[C@H]3OC(=O)[C@@H](CN4CCN(c5ccc(Cl)c(Cl)c5)CC4)[C@H]3[C@H](O)[C@@]21C. The second kappa shape index (κ2) is 8.50. The molecule has 2 aliphatic carbocycles. The van der Waals surface area contributed by atoms with E-state index in [4.69, 9.17) is 27.9 Å². The van der Waals surface area contributed by atoms with Crippen molar-refractivity contribution in [2.24, 2.45) is 23.2 Å². The van der Waals surface area contributed by atoms with Crippen molar-refractivity contribution in [1.82, 2.24) is 4.90 Å². The van der Waals surface area contributed by atoms with Crippen molar-refractivity contribution in [3.63, 3.8) is 0 Å². The molecular formula is C25H32Cl2N2O3. The second-order valence-electron chi connectivity index (χ2n) is 10.2. The maximum Gasteiger partial charge on any atom is 0.311 e. The molecule has 1 aromatic carbocycles. The summed E-state index contributed by atoms with van der Waals surface area (Å²) in [5.41, 5.74) is 2.10. The van der Waals surface area contributed by atoms with Gasteiger partial charge in [-0.2, -0.15) is 0 Å². The van der Waals surface area contributed by atoms with Crippen LogP contribution in [0.15, 0.2) is 29.8 Å². The van der Waals surface area contributed by atoms with Crippen LogP contribution in [0.1, 0.15) is 33.1 Å². The van der Waals surface area contributed by atoms with Crippen LogP contribution < -0.4 is 4.90 Å². The van der Waals surface area contributed by atoms with E-state index in [0.29, 0.717) is 22.5 Å². The van der Waals surface area contributed by atoms with E-state index < -0.39 is 6.10 Å². The van der Waals surface area contributed by atoms with Gasteiger partial charge in [0.2, 0.25) is 0 Å². The summed E-state index contributed by atoms with van der Waals surface area (Å²) >= 11 is 12.2. The first-order valence-corrected chi connectivity index (χ1v) is 12.5. The van der Waals surface area contributed by atoms with Crippen molar-refractivity contribution in [3.05, 3.63) is 39.9 Å². The van der Waals surface area contributed by atoms with Crippen LogP contribution in [-0.4, -0.2) is 60.9 Å². The van der Waals surface area contributed by atoms with Crippen molar-refractivity contribution in [3.8, 4) is 0 Å². The normalized spacial score (nSPS) is 37.5. The molecule has 7 heteroatoms. The predicted molar refractivity (Wildman–Crippen MR) is 127 cm³/mol. The lowest BCUT2D eigenvalue weighted by Gasteiger charge is -2.52. The minimum Gasteiger partial charge on any atom is -0.461 e. The maximum atomic E-state index is 12.9. The lowest BCUT2D eigenvalue weighted by molar-refractivity contribution is -0.145. The van der Waals surface area contributed by atoms with Gasteiger partial charge in [-0.15, -0.1) is 0 Å². The zero-order valence-corrected chi connectivity index (χ0v) is 20.3. The van der Waals surface area contributed by atoms with Crippen molar-refractivity contribution in [2.75, 3.05) is 37.6 Å². The number of allylic oxidation sites excluding steroid dienone is 1. The molecule has 0 aromatic heterocycles. The van der Waals surface area contributed by atoms with Gasteiger partial charge >= 0.3 is 5.97 Å². The highest BCUT2D eigenvalue weighted by molar-refractivity contribution is 6.42. The summed E-state index contributed by atoms with van der Waals surface area (Å²) in [6.07, 6.45) is 4.46. The molecule has 2 heterocycles. The standard InChI is InChI=1S/C25H32Cl2N2O3/c1-15-4-3-5-16-12-21-22(23(30)25(15,16)2)18(24(31)32-21)14-28-8-10-29(11-9-28)17-6-7-19(26)20(27)13-17/h5-7,13,15,18,21-23,30H,3-4,8-12,14H2,1-2H3/t15-,18-,21+,22+,23-,25+/m0/s1. The topological polar surface area (TPSA) is 53.0 Å². The summed E-state index contributed by atoms with van der Waals surface area (Å²) in [5, 5.41) is 12.7. The lowest BCUT2D eigenvalue weighted by atomic mass is 9.55. The molecule has 0 spiro atoms. The molecule has 0 unspecified atom stereocenters. The summed E-state index contributed by atoms with van der Waals surface area (Å²) in [4.78, 5) is 17.5. The molecule has 1 saturated carbocycles. The fraction of sp³-hybridized carbons (Fsp3) is 0.640. The number of piperazine rings is 1. The molecule has 3 fully saturated rings. The first kappa shape index (κ1) is 22.5. The van der Waals surface area contributed by atoms with Crippen molar-refractivity contribution in [1.29, 1.82) is 0 Å². The summed E-state index contributed by atoms with van der Waals surface area (Å²) < 4.78 is 5.83. The average molecular weight is 479 g/mol. The third kappa shape index (κ3) is 3.66. The van der Waals surface area contributed by atoms with E-state index in [9.17, 15) is 9.90 Å². The smallest absolute Gasteiger partial charge is 0.311 e. The zero-order valence-electron chi connectivity index (χ0n) is 18.8. The van der Waals surface area contributed by atoms with Gasteiger partial charge in [0.1, 0.15) is 6.10 Å². The minimum absolute atomic E-state index is 0.127.